The fraction of sp³-hybridized carbons (Fsp3) is 0.160. The molecule has 4 aromatic rings. The summed E-state index contributed by atoms with van der Waals surface area (Å²) in [6, 6.07) is 16.9. The molecule has 1 heterocycles. The van der Waals surface area contributed by atoms with Crippen molar-refractivity contribution in [3.8, 4) is 23.0 Å². The van der Waals surface area contributed by atoms with Gasteiger partial charge >= 0.3 is 0 Å². The standard InChI is InChI=1S/C25H22N2O6/c1-30-17-10-11-18-19(14-17)27(25(29)15-8-6-5-7-9-15)26-22(18)23(28)16-12-20(31-2)24(33-4)21(13-16)32-3/h5-14H,1-4H3. The molecule has 0 N–H and O–H groups in total. The number of carbonyl (C=O) groups excluding carboxylic acids is 2. The fourth-order valence-electron chi connectivity index (χ4n) is 3.60. The molecule has 4 rings (SSSR count). The monoisotopic (exact) mass is 446 g/mol. The van der Waals surface area contributed by atoms with Gasteiger partial charge in [0.25, 0.3) is 5.91 Å². The lowest BCUT2D eigenvalue weighted by Crippen LogP contribution is -2.14. The van der Waals surface area contributed by atoms with E-state index in [1.165, 1.54) is 33.1 Å². The zero-order chi connectivity index (χ0) is 23.5. The van der Waals surface area contributed by atoms with Crippen LogP contribution in [0.2, 0.25) is 0 Å². The predicted molar refractivity (Wildman–Crippen MR) is 122 cm³/mol. The maximum absolute atomic E-state index is 13.6. The molecule has 0 saturated heterocycles. The van der Waals surface area contributed by atoms with Crippen LogP contribution in [0.1, 0.15) is 26.4 Å². The third-order valence-corrected chi connectivity index (χ3v) is 5.24. The number of ether oxygens (including phenoxy) is 4. The molecule has 0 radical (unpaired) electrons. The zero-order valence-corrected chi connectivity index (χ0v) is 18.6. The summed E-state index contributed by atoms with van der Waals surface area (Å²) in [5.41, 5.74) is 1.29. The quantitative estimate of drug-likeness (QED) is 0.397. The van der Waals surface area contributed by atoms with Crippen molar-refractivity contribution in [3.05, 3.63) is 77.5 Å². The summed E-state index contributed by atoms with van der Waals surface area (Å²) in [6.45, 7) is 0. The Hall–Kier alpha value is -4.33. The second-order valence-corrected chi connectivity index (χ2v) is 7.06. The van der Waals surface area contributed by atoms with Crippen LogP contribution in [0.5, 0.6) is 23.0 Å². The second-order valence-electron chi connectivity index (χ2n) is 7.06. The molecule has 0 amide bonds. The molecule has 0 aliphatic rings. The number of fused-ring (bicyclic) bond motifs is 1. The molecular weight excluding hydrogens is 424 g/mol. The number of hydrogen-bond acceptors (Lipinski definition) is 7. The van der Waals surface area contributed by atoms with E-state index >= 15 is 0 Å². The van der Waals surface area contributed by atoms with Crippen molar-refractivity contribution in [2.45, 2.75) is 0 Å². The lowest BCUT2D eigenvalue weighted by molar-refractivity contribution is 0.0949. The van der Waals surface area contributed by atoms with Gasteiger partial charge < -0.3 is 18.9 Å². The van der Waals surface area contributed by atoms with Crippen LogP contribution in [0.25, 0.3) is 10.9 Å². The minimum atomic E-state index is -0.399. The van der Waals surface area contributed by atoms with Crippen molar-refractivity contribution in [1.82, 2.24) is 9.78 Å². The number of methoxy groups -OCH3 is 4. The molecule has 0 aliphatic carbocycles. The first-order chi connectivity index (χ1) is 16.0. The van der Waals surface area contributed by atoms with E-state index < -0.39 is 5.78 Å². The highest BCUT2D eigenvalue weighted by atomic mass is 16.5. The summed E-state index contributed by atoms with van der Waals surface area (Å²) < 4.78 is 22.6. The Morgan fingerprint density at radius 3 is 2.00 bits per heavy atom. The van der Waals surface area contributed by atoms with Crippen LogP contribution in [0.15, 0.2) is 60.7 Å². The smallest absolute Gasteiger partial charge is 0.278 e. The molecule has 33 heavy (non-hydrogen) atoms. The molecule has 168 valence electrons. The van der Waals surface area contributed by atoms with Gasteiger partial charge in [-0.1, -0.05) is 18.2 Å². The van der Waals surface area contributed by atoms with Gasteiger partial charge in [0.2, 0.25) is 11.5 Å². The molecule has 0 unspecified atom stereocenters. The van der Waals surface area contributed by atoms with Crippen LogP contribution >= 0.6 is 0 Å². The number of carbonyl (C=O) groups is 2. The van der Waals surface area contributed by atoms with Crippen LogP contribution in [-0.2, 0) is 0 Å². The number of benzene rings is 3. The third kappa shape index (κ3) is 3.87. The molecule has 0 spiro atoms. The summed E-state index contributed by atoms with van der Waals surface area (Å²) in [4.78, 5) is 26.8. The summed E-state index contributed by atoms with van der Waals surface area (Å²) in [7, 11) is 5.96. The largest absolute Gasteiger partial charge is 0.497 e. The average Bonchev–Trinajstić information content (AvgIpc) is 3.25. The van der Waals surface area contributed by atoms with Gasteiger partial charge in [0, 0.05) is 22.6 Å². The number of nitrogens with zero attached hydrogens (tertiary/aromatic N) is 2. The molecule has 0 fully saturated rings. The first-order valence-corrected chi connectivity index (χ1v) is 10.0. The van der Waals surface area contributed by atoms with Gasteiger partial charge in [-0.25, -0.2) is 0 Å². The van der Waals surface area contributed by atoms with E-state index in [-0.39, 0.29) is 17.2 Å². The molecule has 0 saturated carbocycles. The van der Waals surface area contributed by atoms with Gasteiger partial charge in [-0.2, -0.15) is 9.78 Å². The Kier molecular flexibility index (Phi) is 5.99. The lowest BCUT2D eigenvalue weighted by Gasteiger charge is -2.13. The summed E-state index contributed by atoms with van der Waals surface area (Å²) in [6.07, 6.45) is 0. The summed E-state index contributed by atoms with van der Waals surface area (Å²) in [5.74, 6) is 0.825. The van der Waals surface area contributed by atoms with Crippen LogP contribution in [0.3, 0.4) is 0 Å². The van der Waals surface area contributed by atoms with Gasteiger partial charge in [0.1, 0.15) is 11.4 Å². The average molecular weight is 446 g/mol. The summed E-state index contributed by atoms with van der Waals surface area (Å²) >= 11 is 0. The van der Waals surface area contributed by atoms with Crippen LogP contribution < -0.4 is 18.9 Å². The summed E-state index contributed by atoms with van der Waals surface area (Å²) in [5, 5.41) is 4.93. The van der Waals surface area contributed by atoms with Gasteiger partial charge in [-0.15, -0.1) is 0 Å². The Labute approximate surface area is 190 Å². The van der Waals surface area contributed by atoms with E-state index in [4.69, 9.17) is 18.9 Å². The molecule has 8 heteroatoms. The number of aromatic nitrogens is 2. The normalized spacial score (nSPS) is 10.7. The van der Waals surface area contributed by atoms with E-state index in [0.717, 1.165) is 0 Å². The van der Waals surface area contributed by atoms with E-state index in [9.17, 15) is 9.59 Å². The first-order valence-electron chi connectivity index (χ1n) is 10.0. The maximum atomic E-state index is 13.6. The van der Waals surface area contributed by atoms with Crippen molar-refractivity contribution in [2.75, 3.05) is 28.4 Å². The highest BCUT2D eigenvalue weighted by Crippen LogP contribution is 2.39. The fourth-order valence-corrected chi connectivity index (χ4v) is 3.60. The van der Waals surface area contributed by atoms with Crippen LogP contribution in [-0.4, -0.2) is 49.9 Å². The molecule has 0 aliphatic heterocycles. The number of hydrogen-bond donors (Lipinski definition) is 0. The van der Waals surface area contributed by atoms with Crippen molar-refractivity contribution in [3.63, 3.8) is 0 Å². The molecular formula is C25H22N2O6. The molecule has 0 atom stereocenters. The molecule has 1 aromatic heterocycles. The van der Waals surface area contributed by atoms with E-state index in [2.05, 4.69) is 5.10 Å². The van der Waals surface area contributed by atoms with Gasteiger partial charge in [0.15, 0.2) is 11.5 Å². The van der Waals surface area contributed by atoms with Gasteiger partial charge in [-0.05, 0) is 36.4 Å². The SMILES string of the molecule is COc1ccc2c(C(=O)c3cc(OC)c(OC)c(OC)c3)nn(C(=O)c3ccccc3)c2c1. The Morgan fingerprint density at radius 1 is 0.758 bits per heavy atom. The van der Waals surface area contributed by atoms with E-state index in [1.807, 2.05) is 6.07 Å². The predicted octanol–water partition coefficient (Wildman–Crippen LogP) is 3.99. The van der Waals surface area contributed by atoms with E-state index in [0.29, 0.717) is 39.5 Å². The molecule has 0 bridgehead atoms. The topological polar surface area (TPSA) is 88.9 Å². The first kappa shape index (κ1) is 21.9. The Balaban J connectivity index is 1.90. The minimum absolute atomic E-state index is 0.117. The highest BCUT2D eigenvalue weighted by molar-refractivity contribution is 6.17. The Morgan fingerprint density at radius 2 is 1.42 bits per heavy atom. The van der Waals surface area contributed by atoms with Crippen LogP contribution in [0.4, 0.5) is 0 Å². The Bertz CT molecular complexity index is 1320. The van der Waals surface area contributed by atoms with Crippen molar-refractivity contribution in [1.29, 1.82) is 0 Å². The number of ketones is 1. The molecule has 3 aromatic carbocycles. The minimum Gasteiger partial charge on any atom is -0.497 e. The number of rotatable bonds is 7. The van der Waals surface area contributed by atoms with Crippen LogP contribution in [0, 0.1) is 0 Å². The second kappa shape index (κ2) is 9.04. The van der Waals surface area contributed by atoms with Crippen molar-refractivity contribution < 1.29 is 28.5 Å². The van der Waals surface area contributed by atoms with E-state index in [1.54, 1.807) is 54.6 Å². The maximum Gasteiger partial charge on any atom is 0.278 e. The van der Waals surface area contributed by atoms with Gasteiger partial charge in [0.05, 0.1) is 34.0 Å². The third-order valence-electron chi connectivity index (χ3n) is 5.24. The van der Waals surface area contributed by atoms with Gasteiger partial charge in [-0.3, -0.25) is 9.59 Å². The van der Waals surface area contributed by atoms with Crippen molar-refractivity contribution in [2.24, 2.45) is 0 Å². The highest BCUT2D eigenvalue weighted by Gasteiger charge is 2.25. The zero-order valence-electron chi connectivity index (χ0n) is 18.6. The molecule has 8 nitrogen and oxygen atoms in total. The lowest BCUT2D eigenvalue weighted by atomic mass is 10.0. The van der Waals surface area contributed by atoms with Crippen molar-refractivity contribution >= 4 is 22.6 Å².